The minimum Gasteiger partial charge on any atom is -0.463 e. The summed E-state index contributed by atoms with van der Waals surface area (Å²) in [6.45, 7) is 1.89. The molecular formula is C14H13N3O5S. The van der Waals surface area contributed by atoms with E-state index in [1.165, 1.54) is 19.2 Å². The van der Waals surface area contributed by atoms with Crippen molar-refractivity contribution in [1.82, 2.24) is 10.2 Å². The number of aryl methyl sites for hydroxylation is 1. The molecule has 8 nitrogen and oxygen atoms in total. The van der Waals surface area contributed by atoms with Gasteiger partial charge in [0.2, 0.25) is 10.9 Å². The fourth-order valence-electron chi connectivity index (χ4n) is 2.13. The predicted molar refractivity (Wildman–Crippen MR) is 81.7 cm³/mol. The number of carbonyl (C=O) groups is 1. The van der Waals surface area contributed by atoms with Gasteiger partial charge in [0.1, 0.15) is 0 Å². The Morgan fingerprint density at radius 1 is 1.30 bits per heavy atom. The van der Waals surface area contributed by atoms with Crippen LogP contribution in [-0.4, -0.2) is 31.7 Å². The number of esters is 1. The van der Waals surface area contributed by atoms with Crippen LogP contribution < -0.4 is 4.72 Å². The maximum Gasteiger partial charge on any atom is 0.374 e. The summed E-state index contributed by atoms with van der Waals surface area (Å²) in [5.41, 5.74) is 1.86. The highest BCUT2D eigenvalue weighted by molar-refractivity contribution is 7.92. The molecule has 0 fully saturated rings. The summed E-state index contributed by atoms with van der Waals surface area (Å²) in [5, 5.41) is 7.10. The largest absolute Gasteiger partial charge is 0.463 e. The molecule has 0 saturated heterocycles. The number of sulfonamides is 1. The lowest BCUT2D eigenvalue weighted by Crippen LogP contribution is -2.12. The van der Waals surface area contributed by atoms with Crippen LogP contribution in [0.5, 0.6) is 0 Å². The van der Waals surface area contributed by atoms with Crippen molar-refractivity contribution in [3.05, 3.63) is 41.8 Å². The van der Waals surface area contributed by atoms with Crippen LogP contribution in [-0.2, 0) is 14.8 Å². The summed E-state index contributed by atoms with van der Waals surface area (Å²) in [6.07, 6.45) is 1.62. The number of anilines is 1. The van der Waals surface area contributed by atoms with Crippen molar-refractivity contribution in [2.45, 2.75) is 12.0 Å². The van der Waals surface area contributed by atoms with Gasteiger partial charge in [0, 0.05) is 5.39 Å². The van der Waals surface area contributed by atoms with Crippen LogP contribution >= 0.6 is 0 Å². The van der Waals surface area contributed by atoms with E-state index in [0.29, 0.717) is 11.2 Å². The van der Waals surface area contributed by atoms with E-state index in [2.05, 4.69) is 19.7 Å². The number of aromatic amines is 1. The van der Waals surface area contributed by atoms with Gasteiger partial charge in [-0.05, 0) is 30.7 Å². The third-order valence-corrected chi connectivity index (χ3v) is 4.55. The van der Waals surface area contributed by atoms with Crippen molar-refractivity contribution in [3.63, 3.8) is 0 Å². The Labute approximate surface area is 131 Å². The zero-order chi connectivity index (χ0) is 16.6. The lowest BCUT2D eigenvalue weighted by molar-refractivity contribution is 0.0559. The molecule has 0 amide bonds. The van der Waals surface area contributed by atoms with Crippen molar-refractivity contribution in [3.8, 4) is 0 Å². The van der Waals surface area contributed by atoms with E-state index in [9.17, 15) is 13.2 Å². The zero-order valence-electron chi connectivity index (χ0n) is 12.3. The Balaban J connectivity index is 1.97. The average molecular weight is 335 g/mol. The highest BCUT2D eigenvalue weighted by Gasteiger charge is 2.22. The number of aromatic nitrogens is 2. The summed E-state index contributed by atoms with van der Waals surface area (Å²) >= 11 is 0. The van der Waals surface area contributed by atoms with E-state index in [4.69, 9.17) is 4.42 Å². The van der Waals surface area contributed by atoms with E-state index in [1.807, 2.05) is 6.92 Å². The Hall–Kier alpha value is -2.81. The number of nitrogens with one attached hydrogen (secondary N) is 2. The lowest BCUT2D eigenvalue weighted by Gasteiger charge is -2.07. The normalized spacial score (nSPS) is 11.6. The molecule has 0 aliphatic carbocycles. The summed E-state index contributed by atoms with van der Waals surface area (Å²) in [6, 6.07) is 5.82. The SMILES string of the molecule is COC(=O)c1ccc(S(=O)(=O)Nc2ccc(C)c3cn[nH]c23)o1. The Bertz CT molecular complexity index is 987. The summed E-state index contributed by atoms with van der Waals surface area (Å²) < 4.78 is 36.7. The molecule has 0 unspecified atom stereocenters. The van der Waals surface area contributed by atoms with Crippen molar-refractivity contribution >= 4 is 32.6 Å². The molecule has 0 aliphatic heterocycles. The highest BCUT2D eigenvalue weighted by Crippen LogP contribution is 2.26. The smallest absolute Gasteiger partial charge is 0.374 e. The van der Waals surface area contributed by atoms with Crippen LogP contribution in [0.2, 0.25) is 0 Å². The number of rotatable bonds is 4. The Kier molecular flexibility index (Phi) is 3.57. The molecule has 3 aromatic rings. The zero-order valence-corrected chi connectivity index (χ0v) is 13.1. The first-order valence-corrected chi connectivity index (χ1v) is 8.04. The van der Waals surface area contributed by atoms with Crippen LogP contribution in [0.1, 0.15) is 16.1 Å². The second-order valence-corrected chi connectivity index (χ2v) is 6.42. The van der Waals surface area contributed by atoms with Crippen LogP contribution in [0.15, 0.2) is 40.0 Å². The fraction of sp³-hybridized carbons (Fsp3) is 0.143. The van der Waals surface area contributed by atoms with Gasteiger partial charge >= 0.3 is 5.97 Å². The first kappa shape index (κ1) is 15.1. The van der Waals surface area contributed by atoms with E-state index < -0.39 is 16.0 Å². The van der Waals surface area contributed by atoms with Gasteiger partial charge in [-0.2, -0.15) is 13.5 Å². The molecule has 23 heavy (non-hydrogen) atoms. The molecule has 0 radical (unpaired) electrons. The van der Waals surface area contributed by atoms with Gasteiger partial charge in [-0.25, -0.2) is 4.79 Å². The lowest BCUT2D eigenvalue weighted by atomic mass is 10.1. The van der Waals surface area contributed by atoms with Gasteiger partial charge in [-0.15, -0.1) is 0 Å². The second kappa shape index (κ2) is 5.43. The molecule has 2 heterocycles. The third-order valence-electron chi connectivity index (χ3n) is 3.31. The molecule has 9 heteroatoms. The maximum absolute atomic E-state index is 12.4. The molecule has 1 aromatic carbocycles. The molecule has 2 N–H and O–H groups in total. The van der Waals surface area contributed by atoms with Crippen LogP contribution in [0.3, 0.4) is 0 Å². The number of hydrogen-bond donors (Lipinski definition) is 2. The van der Waals surface area contributed by atoms with Crippen molar-refractivity contribution in [2.24, 2.45) is 0 Å². The molecule has 2 aromatic heterocycles. The average Bonchev–Trinajstić information content (AvgIpc) is 3.18. The Morgan fingerprint density at radius 2 is 2.09 bits per heavy atom. The molecule has 3 rings (SSSR count). The first-order valence-electron chi connectivity index (χ1n) is 6.56. The van der Waals surface area contributed by atoms with Crippen molar-refractivity contribution < 1.29 is 22.4 Å². The fourth-order valence-corrected chi connectivity index (χ4v) is 3.13. The number of H-pyrrole nitrogens is 1. The van der Waals surface area contributed by atoms with Gasteiger partial charge in [0.05, 0.1) is 24.5 Å². The van der Waals surface area contributed by atoms with Crippen LogP contribution in [0, 0.1) is 6.92 Å². The first-order chi connectivity index (χ1) is 10.9. The second-order valence-electron chi connectivity index (χ2n) is 4.80. The van der Waals surface area contributed by atoms with Crippen LogP contribution in [0.4, 0.5) is 5.69 Å². The van der Waals surface area contributed by atoms with E-state index in [1.54, 1.807) is 18.3 Å². The molecule has 0 saturated carbocycles. The quantitative estimate of drug-likeness (QED) is 0.705. The standard InChI is InChI=1S/C14H13N3O5S/c1-8-3-4-10(13-9(8)7-15-16-13)17-23(19,20)12-6-5-11(22-12)14(18)21-2/h3-7,17H,1-2H3,(H,15,16). The predicted octanol–water partition coefficient (Wildman–Crippen LogP) is 2.05. The molecule has 0 aliphatic rings. The monoisotopic (exact) mass is 335 g/mol. The number of fused-ring (bicyclic) bond motifs is 1. The third kappa shape index (κ3) is 2.66. The van der Waals surface area contributed by atoms with E-state index >= 15 is 0 Å². The number of benzene rings is 1. The number of ether oxygens (including phenoxy) is 1. The van der Waals surface area contributed by atoms with Crippen LogP contribution in [0.25, 0.3) is 10.9 Å². The Morgan fingerprint density at radius 3 is 2.83 bits per heavy atom. The molecule has 0 spiro atoms. The van der Waals surface area contributed by atoms with Gasteiger partial charge in [0.25, 0.3) is 10.0 Å². The summed E-state index contributed by atoms with van der Waals surface area (Å²) in [4.78, 5) is 11.3. The minimum absolute atomic E-state index is 0.191. The van der Waals surface area contributed by atoms with Crippen molar-refractivity contribution in [2.75, 3.05) is 11.8 Å². The molecule has 0 atom stereocenters. The topological polar surface area (TPSA) is 114 Å². The highest BCUT2D eigenvalue weighted by atomic mass is 32.2. The number of methoxy groups -OCH3 is 1. The van der Waals surface area contributed by atoms with E-state index in [-0.39, 0.29) is 10.9 Å². The van der Waals surface area contributed by atoms with Gasteiger partial charge in [-0.3, -0.25) is 9.82 Å². The van der Waals surface area contributed by atoms with Crippen molar-refractivity contribution in [1.29, 1.82) is 0 Å². The van der Waals surface area contributed by atoms with Gasteiger partial charge in [0.15, 0.2) is 0 Å². The number of furan rings is 1. The minimum atomic E-state index is -3.99. The molecule has 0 bridgehead atoms. The summed E-state index contributed by atoms with van der Waals surface area (Å²) in [7, 11) is -2.81. The molecular weight excluding hydrogens is 322 g/mol. The summed E-state index contributed by atoms with van der Waals surface area (Å²) in [5.74, 6) is -0.943. The van der Waals surface area contributed by atoms with Gasteiger partial charge in [-0.1, -0.05) is 6.07 Å². The number of nitrogens with zero attached hydrogens (tertiary/aromatic N) is 1. The van der Waals surface area contributed by atoms with E-state index in [0.717, 1.165) is 10.9 Å². The molecule has 120 valence electrons. The number of hydrogen-bond acceptors (Lipinski definition) is 6. The number of carbonyl (C=O) groups excluding carboxylic acids is 1. The maximum atomic E-state index is 12.4. The van der Waals surface area contributed by atoms with Gasteiger partial charge < -0.3 is 9.15 Å².